The van der Waals surface area contributed by atoms with Crippen molar-refractivity contribution in [2.45, 2.75) is 82.8 Å². The van der Waals surface area contributed by atoms with Gasteiger partial charge in [0.1, 0.15) is 17.6 Å². The fraction of sp³-hybridized carbons (Fsp3) is 0.483. The molecule has 204 valence electrons. The summed E-state index contributed by atoms with van der Waals surface area (Å²) >= 11 is 0. The normalized spacial score (nSPS) is 18.2. The third-order valence-electron chi connectivity index (χ3n) is 8.21. The van der Waals surface area contributed by atoms with E-state index in [-0.39, 0.29) is 48.7 Å². The van der Waals surface area contributed by atoms with Gasteiger partial charge in [0.15, 0.2) is 12.3 Å². The molecule has 39 heavy (non-hydrogen) atoms. The molecule has 3 amide bonds. The number of aromatic nitrogens is 3. The van der Waals surface area contributed by atoms with Crippen LogP contribution in [0.4, 0.5) is 5.69 Å². The molecule has 1 aliphatic heterocycles. The minimum Gasteiger partial charge on any atom is -0.482 e. The molecule has 0 atom stereocenters. The van der Waals surface area contributed by atoms with Gasteiger partial charge in [-0.1, -0.05) is 44.6 Å². The van der Waals surface area contributed by atoms with Gasteiger partial charge in [0.25, 0.3) is 17.7 Å². The highest BCUT2D eigenvalue weighted by Gasteiger charge is 2.34. The van der Waals surface area contributed by atoms with Crippen LogP contribution in [0, 0.1) is 0 Å². The molecule has 3 aliphatic rings. The van der Waals surface area contributed by atoms with Gasteiger partial charge in [-0.2, -0.15) is 0 Å². The largest absolute Gasteiger partial charge is 0.482 e. The van der Waals surface area contributed by atoms with Gasteiger partial charge in [0.2, 0.25) is 0 Å². The number of carbonyl (C=O) groups excluding carboxylic acids is 3. The minimum absolute atomic E-state index is 0.00318. The van der Waals surface area contributed by atoms with Crippen molar-refractivity contribution in [3.63, 3.8) is 0 Å². The third-order valence-corrected chi connectivity index (χ3v) is 8.21. The number of nitrogens with one attached hydrogen (secondary N) is 3. The van der Waals surface area contributed by atoms with E-state index in [9.17, 15) is 14.4 Å². The lowest BCUT2D eigenvalue weighted by Crippen LogP contribution is -2.48. The lowest BCUT2D eigenvalue weighted by atomic mass is 9.88. The number of amides is 3. The Kier molecular flexibility index (Phi) is 7.17. The number of hydrogen-bond donors (Lipinski definition) is 3. The fourth-order valence-electron chi connectivity index (χ4n) is 6.27. The summed E-state index contributed by atoms with van der Waals surface area (Å²) in [5.41, 5.74) is 3.01. The Bertz CT molecular complexity index is 1370. The van der Waals surface area contributed by atoms with Crippen LogP contribution in [0.25, 0.3) is 11.0 Å². The molecule has 3 aromatic rings. The molecule has 0 unspecified atom stereocenters. The zero-order valence-electron chi connectivity index (χ0n) is 22.0. The molecule has 3 heterocycles. The van der Waals surface area contributed by atoms with E-state index in [1.807, 2.05) is 6.07 Å². The van der Waals surface area contributed by atoms with E-state index in [1.54, 1.807) is 18.3 Å². The first-order valence-corrected chi connectivity index (χ1v) is 14.1. The SMILES string of the molecule is O=C1COc2ccc(CNC(=O)c3ncnc4c(C(=O)N(C5CCCCC5)C5CCCCC5)c[nH]c34)cc2N1. The number of aromatic amines is 1. The van der Waals surface area contributed by atoms with E-state index in [0.717, 1.165) is 56.9 Å². The summed E-state index contributed by atoms with van der Waals surface area (Å²) in [5, 5.41) is 5.67. The lowest BCUT2D eigenvalue weighted by molar-refractivity contribution is -0.118. The topological polar surface area (TPSA) is 129 Å². The van der Waals surface area contributed by atoms with Crippen LogP contribution in [0.3, 0.4) is 0 Å². The Labute approximate surface area is 226 Å². The van der Waals surface area contributed by atoms with Crippen LogP contribution in [0.2, 0.25) is 0 Å². The molecule has 2 aromatic heterocycles. The highest BCUT2D eigenvalue weighted by atomic mass is 16.5. The second-order valence-corrected chi connectivity index (χ2v) is 10.8. The van der Waals surface area contributed by atoms with Gasteiger partial charge in [-0.15, -0.1) is 0 Å². The average molecular weight is 531 g/mol. The molecule has 10 heteroatoms. The quantitative estimate of drug-likeness (QED) is 0.435. The second-order valence-electron chi connectivity index (χ2n) is 10.8. The van der Waals surface area contributed by atoms with Gasteiger partial charge in [-0.25, -0.2) is 9.97 Å². The first-order chi connectivity index (χ1) is 19.1. The van der Waals surface area contributed by atoms with Crippen LogP contribution in [0.1, 0.15) is 90.6 Å². The van der Waals surface area contributed by atoms with Gasteiger partial charge in [0, 0.05) is 24.8 Å². The van der Waals surface area contributed by atoms with Crippen LogP contribution in [-0.4, -0.2) is 56.3 Å². The highest BCUT2D eigenvalue weighted by Crippen LogP contribution is 2.33. The van der Waals surface area contributed by atoms with Crippen LogP contribution < -0.4 is 15.4 Å². The summed E-state index contributed by atoms with van der Waals surface area (Å²) in [6.45, 7) is 0.226. The van der Waals surface area contributed by atoms with Gasteiger partial charge in [-0.3, -0.25) is 14.4 Å². The fourth-order valence-corrected chi connectivity index (χ4v) is 6.27. The maximum atomic E-state index is 14.1. The minimum atomic E-state index is -0.377. The molecule has 2 saturated carbocycles. The lowest BCUT2D eigenvalue weighted by Gasteiger charge is -2.41. The van der Waals surface area contributed by atoms with E-state index in [2.05, 4.69) is 30.5 Å². The van der Waals surface area contributed by atoms with E-state index in [4.69, 9.17) is 4.74 Å². The predicted octanol–water partition coefficient (Wildman–Crippen LogP) is 4.33. The number of rotatable bonds is 6. The van der Waals surface area contributed by atoms with E-state index in [0.29, 0.717) is 28.0 Å². The predicted molar refractivity (Wildman–Crippen MR) is 146 cm³/mol. The Morgan fingerprint density at radius 3 is 2.44 bits per heavy atom. The number of H-pyrrole nitrogens is 1. The van der Waals surface area contributed by atoms with Crippen molar-refractivity contribution in [1.29, 1.82) is 0 Å². The maximum Gasteiger partial charge on any atom is 0.272 e. The van der Waals surface area contributed by atoms with Crippen molar-refractivity contribution in [2.24, 2.45) is 0 Å². The summed E-state index contributed by atoms with van der Waals surface area (Å²) < 4.78 is 5.40. The number of benzene rings is 1. The monoisotopic (exact) mass is 530 g/mol. The zero-order valence-corrected chi connectivity index (χ0v) is 22.0. The number of carbonyl (C=O) groups is 3. The summed E-state index contributed by atoms with van der Waals surface area (Å²) in [7, 11) is 0. The van der Waals surface area contributed by atoms with E-state index >= 15 is 0 Å². The molecule has 6 rings (SSSR count). The smallest absolute Gasteiger partial charge is 0.272 e. The van der Waals surface area contributed by atoms with Crippen molar-refractivity contribution in [1.82, 2.24) is 25.2 Å². The van der Waals surface area contributed by atoms with Gasteiger partial charge < -0.3 is 25.3 Å². The Morgan fingerprint density at radius 1 is 1.00 bits per heavy atom. The van der Waals surface area contributed by atoms with Crippen LogP contribution in [0.15, 0.2) is 30.7 Å². The molecule has 0 bridgehead atoms. The Morgan fingerprint density at radius 2 is 1.72 bits per heavy atom. The van der Waals surface area contributed by atoms with Crippen LogP contribution in [0.5, 0.6) is 5.75 Å². The molecule has 0 saturated heterocycles. The molecule has 3 N–H and O–H groups in total. The Balaban J connectivity index is 1.22. The van der Waals surface area contributed by atoms with Crippen molar-refractivity contribution >= 4 is 34.4 Å². The standard InChI is InChI=1S/C29H34N6O4/c36-24-16-39-23-12-11-18(13-22(23)34-24)14-31-28(37)27-26-25(32-17-33-27)21(15-30-26)29(38)35(19-7-3-1-4-8-19)20-9-5-2-6-10-20/h11-13,15,17,19-20,30H,1-10,14,16H2,(H,31,37)(H,34,36). The second kappa shape index (κ2) is 11.0. The number of fused-ring (bicyclic) bond motifs is 2. The molecule has 2 fully saturated rings. The van der Waals surface area contributed by atoms with E-state index in [1.165, 1.54) is 19.2 Å². The molecular formula is C29H34N6O4. The van der Waals surface area contributed by atoms with Crippen LogP contribution in [-0.2, 0) is 11.3 Å². The van der Waals surface area contributed by atoms with Crippen molar-refractivity contribution in [2.75, 3.05) is 11.9 Å². The van der Waals surface area contributed by atoms with Gasteiger partial charge in [-0.05, 0) is 43.4 Å². The summed E-state index contributed by atoms with van der Waals surface area (Å²) in [5.74, 6) is 0.0112. The summed E-state index contributed by atoms with van der Waals surface area (Å²) in [6.07, 6.45) is 14.3. The number of hydrogen-bond acceptors (Lipinski definition) is 6. The molecular weight excluding hydrogens is 496 g/mol. The van der Waals surface area contributed by atoms with Crippen molar-refractivity contribution < 1.29 is 19.1 Å². The summed E-state index contributed by atoms with van der Waals surface area (Å²) in [6, 6.07) is 5.90. The average Bonchev–Trinajstić information content (AvgIpc) is 3.41. The maximum absolute atomic E-state index is 14.1. The van der Waals surface area contributed by atoms with Gasteiger partial charge >= 0.3 is 0 Å². The van der Waals surface area contributed by atoms with Gasteiger partial charge in [0.05, 0.1) is 16.8 Å². The Hall–Kier alpha value is -3.95. The summed E-state index contributed by atoms with van der Waals surface area (Å²) in [4.78, 5) is 52.8. The molecule has 2 aliphatic carbocycles. The molecule has 0 radical (unpaired) electrons. The molecule has 1 aromatic carbocycles. The van der Waals surface area contributed by atoms with E-state index < -0.39 is 0 Å². The number of nitrogens with zero attached hydrogens (tertiary/aromatic N) is 3. The zero-order chi connectivity index (χ0) is 26.8. The number of ether oxygens (including phenoxy) is 1. The molecule has 10 nitrogen and oxygen atoms in total. The first-order valence-electron chi connectivity index (χ1n) is 14.1. The van der Waals surface area contributed by atoms with Crippen molar-refractivity contribution in [3.8, 4) is 5.75 Å². The van der Waals surface area contributed by atoms with Crippen molar-refractivity contribution in [3.05, 3.63) is 47.5 Å². The number of anilines is 1. The highest BCUT2D eigenvalue weighted by molar-refractivity contribution is 6.10. The third kappa shape index (κ3) is 5.20. The van der Waals surface area contributed by atoms with Crippen LogP contribution >= 0.6 is 0 Å². The first kappa shape index (κ1) is 25.3. The molecule has 0 spiro atoms.